The molecule has 2 aromatic rings. The van der Waals surface area contributed by atoms with E-state index in [-0.39, 0.29) is 5.91 Å². The zero-order valence-electron chi connectivity index (χ0n) is 10.3. The van der Waals surface area contributed by atoms with E-state index in [1.165, 1.54) is 0 Å². The van der Waals surface area contributed by atoms with E-state index in [1.807, 2.05) is 24.3 Å². The van der Waals surface area contributed by atoms with Crippen molar-refractivity contribution in [1.29, 1.82) is 0 Å². The van der Waals surface area contributed by atoms with Gasteiger partial charge in [-0.05, 0) is 29.1 Å². The van der Waals surface area contributed by atoms with E-state index in [0.717, 1.165) is 16.3 Å². The Bertz CT molecular complexity index is 693. The Kier molecular flexibility index (Phi) is 2.59. The molecule has 1 aromatic carbocycles. The minimum Gasteiger partial charge on any atom is -0.398 e. The Hall–Kier alpha value is -2.56. The molecular formula is C14H14N4O. The average Bonchev–Trinajstić information content (AvgIpc) is 2.77. The molecule has 0 aliphatic carbocycles. The van der Waals surface area contributed by atoms with Gasteiger partial charge in [0.05, 0.1) is 0 Å². The maximum Gasteiger partial charge on any atom is 0.246 e. The molecule has 1 aromatic heterocycles. The number of fused-ring (bicyclic) bond motifs is 1. The van der Waals surface area contributed by atoms with Crippen molar-refractivity contribution in [1.82, 2.24) is 9.88 Å². The number of pyridine rings is 1. The second kappa shape index (κ2) is 4.28. The Balaban J connectivity index is 2.01. The van der Waals surface area contributed by atoms with Crippen LogP contribution in [0.15, 0.2) is 36.5 Å². The molecule has 0 radical (unpaired) electrons. The summed E-state index contributed by atoms with van der Waals surface area (Å²) in [4.78, 5) is 17.4. The predicted octanol–water partition coefficient (Wildman–Crippen LogP) is 1.30. The monoisotopic (exact) mass is 254 g/mol. The molecule has 1 aliphatic rings. The summed E-state index contributed by atoms with van der Waals surface area (Å²) < 4.78 is 0. The molecule has 0 spiro atoms. The highest BCUT2D eigenvalue weighted by Gasteiger charge is 2.16. The molecule has 0 atom stereocenters. The third-order valence-electron chi connectivity index (χ3n) is 3.31. The molecule has 1 amide bonds. The van der Waals surface area contributed by atoms with Gasteiger partial charge in [0, 0.05) is 36.4 Å². The lowest BCUT2D eigenvalue weighted by Crippen LogP contribution is -2.25. The molecule has 0 saturated carbocycles. The first-order valence-electron chi connectivity index (χ1n) is 6.03. The van der Waals surface area contributed by atoms with Gasteiger partial charge in [-0.3, -0.25) is 4.79 Å². The highest BCUT2D eigenvalue weighted by molar-refractivity contribution is 5.94. The van der Waals surface area contributed by atoms with Crippen LogP contribution < -0.4 is 11.5 Å². The lowest BCUT2D eigenvalue weighted by Gasteiger charge is -2.17. The highest BCUT2D eigenvalue weighted by Crippen LogP contribution is 2.26. The number of nitrogen functional groups attached to an aromatic ring is 2. The van der Waals surface area contributed by atoms with Crippen molar-refractivity contribution < 1.29 is 4.79 Å². The minimum absolute atomic E-state index is 0.0126. The molecule has 19 heavy (non-hydrogen) atoms. The van der Waals surface area contributed by atoms with Gasteiger partial charge >= 0.3 is 0 Å². The second-order valence-corrected chi connectivity index (χ2v) is 4.59. The first-order valence-corrected chi connectivity index (χ1v) is 6.03. The van der Waals surface area contributed by atoms with Crippen molar-refractivity contribution in [2.75, 3.05) is 18.0 Å². The fraction of sp³-hybridized carbons (Fsp3) is 0.143. The van der Waals surface area contributed by atoms with Gasteiger partial charge < -0.3 is 16.4 Å². The van der Waals surface area contributed by atoms with Crippen LogP contribution in [0.4, 0.5) is 11.5 Å². The molecule has 96 valence electrons. The van der Waals surface area contributed by atoms with Gasteiger partial charge in [-0.25, -0.2) is 4.98 Å². The van der Waals surface area contributed by atoms with E-state index in [4.69, 9.17) is 11.5 Å². The molecule has 0 unspecified atom stereocenters. The van der Waals surface area contributed by atoms with Crippen molar-refractivity contribution in [3.8, 4) is 0 Å². The number of amides is 1. The topological polar surface area (TPSA) is 85.2 Å². The van der Waals surface area contributed by atoms with E-state index >= 15 is 0 Å². The maximum absolute atomic E-state index is 11.6. The summed E-state index contributed by atoms with van der Waals surface area (Å²) in [7, 11) is 0. The van der Waals surface area contributed by atoms with Crippen LogP contribution in [0.3, 0.4) is 0 Å². The molecule has 2 heterocycles. The van der Waals surface area contributed by atoms with E-state index in [1.54, 1.807) is 17.2 Å². The van der Waals surface area contributed by atoms with Crippen molar-refractivity contribution >= 4 is 28.2 Å². The van der Waals surface area contributed by atoms with Crippen molar-refractivity contribution in [3.63, 3.8) is 0 Å². The lowest BCUT2D eigenvalue weighted by molar-refractivity contribution is -0.125. The number of benzene rings is 1. The zero-order valence-corrected chi connectivity index (χ0v) is 10.3. The predicted molar refractivity (Wildman–Crippen MR) is 75.1 cm³/mol. The lowest BCUT2D eigenvalue weighted by atomic mass is 10.1. The number of anilines is 2. The van der Waals surface area contributed by atoms with Crippen molar-refractivity contribution in [3.05, 3.63) is 42.1 Å². The van der Waals surface area contributed by atoms with E-state index in [0.29, 0.717) is 24.6 Å². The number of nitrogens with zero attached hydrogens (tertiary/aromatic N) is 2. The highest BCUT2D eigenvalue weighted by atomic mass is 16.2. The fourth-order valence-corrected chi connectivity index (χ4v) is 2.27. The van der Waals surface area contributed by atoms with Gasteiger partial charge in [0.1, 0.15) is 5.82 Å². The standard InChI is InChI=1S/C14H14N4O/c15-12-7-9-3-4-17-14(16)11(9)6-10(12)8-18-5-1-2-13(18)19/h1-4,6-7H,5,8,15H2,(H2,16,17). The van der Waals surface area contributed by atoms with Gasteiger partial charge in [-0.1, -0.05) is 6.08 Å². The SMILES string of the molecule is Nc1cc2ccnc(N)c2cc1CN1CC=CC1=O. The van der Waals surface area contributed by atoms with Crippen LogP contribution in [0, 0.1) is 0 Å². The molecular weight excluding hydrogens is 240 g/mol. The minimum atomic E-state index is 0.0126. The smallest absolute Gasteiger partial charge is 0.246 e. The Morgan fingerprint density at radius 3 is 2.89 bits per heavy atom. The number of carbonyl (C=O) groups excluding carboxylic acids is 1. The normalized spacial score (nSPS) is 14.5. The summed E-state index contributed by atoms with van der Waals surface area (Å²) in [5.41, 5.74) is 13.5. The molecule has 5 heteroatoms. The molecule has 0 saturated heterocycles. The fourth-order valence-electron chi connectivity index (χ4n) is 2.27. The molecule has 3 rings (SSSR count). The number of nitrogens with two attached hydrogens (primary N) is 2. The molecule has 4 N–H and O–H groups in total. The van der Waals surface area contributed by atoms with Gasteiger partial charge in [-0.2, -0.15) is 0 Å². The number of carbonyl (C=O) groups is 1. The van der Waals surface area contributed by atoms with Crippen LogP contribution in [-0.2, 0) is 11.3 Å². The first-order chi connectivity index (χ1) is 9.15. The van der Waals surface area contributed by atoms with Crippen molar-refractivity contribution in [2.24, 2.45) is 0 Å². The zero-order chi connectivity index (χ0) is 13.4. The van der Waals surface area contributed by atoms with Gasteiger partial charge in [-0.15, -0.1) is 0 Å². The van der Waals surface area contributed by atoms with Crippen LogP contribution in [0.2, 0.25) is 0 Å². The largest absolute Gasteiger partial charge is 0.398 e. The van der Waals surface area contributed by atoms with E-state index < -0.39 is 0 Å². The van der Waals surface area contributed by atoms with Gasteiger partial charge in [0.25, 0.3) is 0 Å². The van der Waals surface area contributed by atoms with Gasteiger partial charge in [0.15, 0.2) is 0 Å². The quantitative estimate of drug-likeness (QED) is 0.791. The van der Waals surface area contributed by atoms with Crippen molar-refractivity contribution in [2.45, 2.75) is 6.54 Å². The first kappa shape index (κ1) is 11.5. The van der Waals surface area contributed by atoms with E-state index in [9.17, 15) is 4.79 Å². The third kappa shape index (κ3) is 1.99. The molecule has 0 bridgehead atoms. The summed E-state index contributed by atoms with van der Waals surface area (Å²) in [6, 6.07) is 5.66. The Morgan fingerprint density at radius 1 is 1.32 bits per heavy atom. The summed E-state index contributed by atoms with van der Waals surface area (Å²) >= 11 is 0. The summed E-state index contributed by atoms with van der Waals surface area (Å²) in [5.74, 6) is 0.489. The number of hydrogen-bond acceptors (Lipinski definition) is 4. The van der Waals surface area contributed by atoms with Crippen LogP contribution in [-0.4, -0.2) is 22.3 Å². The van der Waals surface area contributed by atoms with E-state index in [2.05, 4.69) is 4.98 Å². The summed E-state index contributed by atoms with van der Waals surface area (Å²) in [6.45, 7) is 1.11. The second-order valence-electron chi connectivity index (χ2n) is 4.59. The number of hydrogen-bond donors (Lipinski definition) is 2. The van der Waals surface area contributed by atoms with Crippen LogP contribution >= 0.6 is 0 Å². The Labute approximate surface area is 110 Å². The number of aromatic nitrogens is 1. The van der Waals surface area contributed by atoms with Crippen LogP contribution in [0.25, 0.3) is 10.8 Å². The molecule has 0 fully saturated rings. The number of rotatable bonds is 2. The molecule has 5 nitrogen and oxygen atoms in total. The maximum atomic E-state index is 11.6. The average molecular weight is 254 g/mol. The summed E-state index contributed by atoms with van der Waals surface area (Å²) in [6.07, 6.45) is 5.08. The van der Waals surface area contributed by atoms with Gasteiger partial charge in [0.2, 0.25) is 5.91 Å². The van der Waals surface area contributed by atoms with Crippen LogP contribution in [0.1, 0.15) is 5.56 Å². The van der Waals surface area contributed by atoms with Crippen LogP contribution in [0.5, 0.6) is 0 Å². The Morgan fingerprint density at radius 2 is 2.16 bits per heavy atom. The summed E-state index contributed by atoms with van der Waals surface area (Å²) in [5, 5.41) is 1.82. The third-order valence-corrected chi connectivity index (χ3v) is 3.31. The molecule has 1 aliphatic heterocycles.